The number of carbonyl (C=O) groups is 2. The van der Waals surface area contributed by atoms with Gasteiger partial charge in [-0.05, 0) is 12.8 Å². The molecule has 0 spiro atoms. The summed E-state index contributed by atoms with van der Waals surface area (Å²) < 4.78 is 23.7. The van der Waals surface area contributed by atoms with Gasteiger partial charge in [-0.15, -0.1) is 0 Å². The first-order valence-corrected chi connectivity index (χ1v) is 4.33. The zero-order valence-electron chi connectivity index (χ0n) is 7.37. The number of alkyl halides is 2. The Balaban J connectivity index is 2.51. The number of aliphatic carboxylic acids is 1. The van der Waals surface area contributed by atoms with E-state index in [1.807, 2.05) is 5.32 Å². The summed E-state index contributed by atoms with van der Waals surface area (Å²) in [4.78, 5) is 21.2. The van der Waals surface area contributed by atoms with Crippen LogP contribution in [0.3, 0.4) is 0 Å². The summed E-state index contributed by atoms with van der Waals surface area (Å²) in [5.74, 6) is -3.15. The van der Waals surface area contributed by atoms with Crippen LogP contribution in [0.15, 0.2) is 0 Å². The van der Waals surface area contributed by atoms with Gasteiger partial charge >= 0.3 is 12.4 Å². The fourth-order valence-electron chi connectivity index (χ4n) is 1.67. The molecule has 2 atom stereocenters. The summed E-state index contributed by atoms with van der Waals surface area (Å²) in [6.45, 7) is 0. The summed E-state index contributed by atoms with van der Waals surface area (Å²) in [7, 11) is 0. The van der Waals surface area contributed by atoms with Gasteiger partial charge in [-0.1, -0.05) is 6.42 Å². The Hall–Kier alpha value is -1.20. The first-order valence-electron chi connectivity index (χ1n) is 4.33. The fraction of sp³-hybridized carbons (Fsp3) is 0.750. The predicted molar refractivity (Wildman–Crippen MR) is 42.9 cm³/mol. The summed E-state index contributed by atoms with van der Waals surface area (Å²) >= 11 is 0. The van der Waals surface area contributed by atoms with Gasteiger partial charge in [0, 0.05) is 6.04 Å². The number of amides is 1. The lowest BCUT2D eigenvalue weighted by atomic mass is 10.0. The molecular weight excluding hydrogens is 196 g/mol. The highest BCUT2D eigenvalue weighted by atomic mass is 19.3. The van der Waals surface area contributed by atoms with Crippen molar-refractivity contribution in [3.05, 3.63) is 0 Å². The molecule has 0 radical (unpaired) electrons. The molecule has 0 heterocycles. The maximum Gasteiger partial charge on any atom is 0.315 e. The van der Waals surface area contributed by atoms with Gasteiger partial charge in [0.2, 0.25) is 0 Å². The van der Waals surface area contributed by atoms with Crippen LogP contribution in [0.1, 0.15) is 19.3 Å². The van der Waals surface area contributed by atoms with E-state index in [1.54, 1.807) is 0 Å². The van der Waals surface area contributed by atoms with Crippen molar-refractivity contribution in [2.75, 3.05) is 0 Å². The second-order valence-corrected chi connectivity index (χ2v) is 3.29. The molecule has 1 rings (SSSR count). The molecule has 0 aromatic heterocycles. The first-order chi connectivity index (χ1) is 6.52. The number of rotatable bonds is 3. The van der Waals surface area contributed by atoms with E-state index in [1.165, 1.54) is 0 Å². The van der Waals surface area contributed by atoms with E-state index in [2.05, 4.69) is 0 Å². The number of halogens is 2. The second kappa shape index (κ2) is 4.34. The van der Waals surface area contributed by atoms with E-state index < -0.39 is 30.3 Å². The average molecular weight is 207 g/mol. The lowest BCUT2D eigenvalue weighted by Crippen LogP contribution is -2.42. The van der Waals surface area contributed by atoms with Gasteiger partial charge in [-0.2, -0.15) is 8.78 Å². The van der Waals surface area contributed by atoms with Crippen LogP contribution in [-0.4, -0.2) is 29.5 Å². The number of carboxylic acids is 1. The Kier molecular flexibility index (Phi) is 3.38. The molecule has 6 heteroatoms. The number of hydrogen-bond acceptors (Lipinski definition) is 2. The molecular formula is C8H11F2NO3. The van der Waals surface area contributed by atoms with Crippen LogP contribution in [0, 0.1) is 5.92 Å². The molecule has 0 aromatic carbocycles. The summed E-state index contributed by atoms with van der Waals surface area (Å²) in [6.07, 6.45) is -1.55. The van der Waals surface area contributed by atoms with Crippen LogP contribution in [0.5, 0.6) is 0 Å². The minimum absolute atomic E-state index is 0.434. The Morgan fingerprint density at radius 1 is 1.36 bits per heavy atom. The van der Waals surface area contributed by atoms with Crippen LogP contribution in [0.25, 0.3) is 0 Å². The molecule has 0 aliphatic heterocycles. The van der Waals surface area contributed by atoms with Crippen LogP contribution in [-0.2, 0) is 9.59 Å². The van der Waals surface area contributed by atoms with Crippen LogP contribution in [0.4, 0.5) is 8.78 Å². The molecule has 1 amide bonds. The monoisotopic (exact) mass is 207 g/mol. The highest BCUT2D eigenvalue weighted by Crippen LogP contribution is 2.25. The summed E-state index contributed by atoms with van der Waals surface area (Å²) in [5.41, 5.74) is 0. The van der Waals surface area contributed by atoms with E-state index in [4.69, 9.17) is 5.11 Å². The van der Waals surface area contributed by atoms with Crippen LogP contribution in [0.2, 0.25) is 0 Å². The van der Waals surface area contributed by atoms with E-state index in [0.717, 1.165) is 0 Å². The third-order valence-electron chi connectivity index (χ3n) is 2.36. The summed E-state index contributed by atoms with van der Waals surface area (Å²) in [5, 5.41) is 10.7. The minimum Gasteiger partial charge on any atom is -0.481 e. The highest BCUT2D eigenvalue weighted by molar-refractivity contribution is 5.80. The molecule has 80 valence electrons. The lowest BCUT2D eigenvalue weighted by molar-refractivity contribution is -0.143. The van der Waals surface area contributed by atoms with Crippen LogP contribution >= 0.6 is 0 Å². The van der Waals surface area contributed by atoms with Gasteiger partial charge in [-0.25, -0.2) is 0 Å². The minimum atomic E-state index is -3.08. The topological polar surface area (TPSA) is 66.4 Å². The SMILES string of the molecule is O=C(N[C@H]1CCC[C@H]1C(=O)O)C(F)F. The van der Waals surface area contributed by atoms with Gasteiger partial charge in [0.25, 0.3) is 5.91 Å². The largest absolute Gasteiger partial charge is 0.481 e. The van der Waals surface area contributed by atoms with Crippen molar-refractivity contribution in [1.29, 1.82) is 0 Å². The van der Waals surface area contributed by atoms with Gasteiger partial charge in [0.05, 0.1) is 5.92 Å². The van der Waals surface area contributed by atoms with Gasteiger partial charge in [0.15, 0.2) is 0 Å². The Bertz CT molecular complexity index is 245. The van der Waals surface area contributed by atoms with Crippen molar-refractivity contribution < 1.29 is 23.5 Å². The smallest absolute Gasteiger partial charge is 0.315 e. The van der Waals surface area contributed by atoms with E-state index >= 15 is 0 Å². The molecule has 0 saturated heterocycles. The molecule has 0 bridgehead atoms. The number of carboxylic acid groups (broad SMARTS) is 1. The molecule has 0 unspecified atom stereocenters. The maximum absolute atomic E-state index is 11.9. The van der Waals surface area contributed by atoms with Crippen LogP contribution < -0.4 is 5.32 Å². The molecule has 1 saturated carbocycles. The van der Waals surface area contributed by atoms with E-state index in [9.17, 15) is 18.4 Å². The van der Waals surface area contributed by atoms with E-state index in [-0.39, 0.29) is 0 Å². The number of carbonyl (C=O) groups excluding carboxylic acids is 1. The predicted octanol–water partition coefficient (Wildman–Crippen LogP) is 0.621. The molecule has 0 aromatic rings. The third kappa shape index (κ3) is 2.40. The zero-order valence-corrected chi connectivity index (χ0v) is 7.37. The Morgan fingerprint density at radius 2 is 2.00 bits per heavy atom. The standard InChI is InChI=1S/C8H11F2NO3/c9-6(10)7(12)11-5-3-1-2-4(5)8(13)14/h4-6H,1-3H2,(H,11,12)(H,13,14)/t4-,5+/m1/s1. The Labute approximate surface area is 79.3 Å². The molecule has 1 fully saturated rings. The number of hydrogen-bond donors (Lipinski definition) is 2. The van der Waals surface area contributed by atoms with Crippen molar-refractivity contribution in [3.8, 4) is 0 Å². The number of nitrogens with one attached hydrogen (secondary N) is 1. The molecule has 4 nitrogen and oxygen atoms in total. The molecule has 14 heavy (non-hydrogen) atoms. The molecule has 1 aliphatic carbocycles. The third-order valence-corrected chi connectivity index (χ3v) is 2.36. The van der Waals surface area contributed by atoms with Crippen molar-refractivity contribution in [1.82, 2.24) is 5.32 Å². The molecule has 2 N–H and O–H groups in total. The fourth-order valence-corrected chi connectivity index (χ4v) is 1.67. The Morgan fingerprint density at radius 3 is 2.50 bits per heavy atom. The lowest BCUT2D eigenvalue weighted by Gasteiger charge is -2.16. The van der Waals surface area contributed by atoms with Gasteiger partial charge in [-0.3, -0.25) is 9.59 Å². The van der Waals surface area contributed by atoms with Crippen molar-refractivity contribution in [2.45, 2.75) is 31.7 Å². The van der Waals surface area contributed by atoms with E-state index in [0.29, 0.717) is 19.3 Å². The van der Waals surface area contributed by atoms with Crippen molar-refractivity contribution in [3.63, 3.8) is 0 Å². The zero-order chi connectivity index (χ0) is 10.7. The van der Waals surface area contributed by atoms with Crippen molar-refractivity contribution >= 4 is 11.9 Å². The quantitative estimate of drug-likeness (QED) is 0.713. The maximum atomic E-state index is 11.9. The average Bonchev–Trinajstić information content (AvgIpc) is 2.52. The van der Waals surface area contributed by atoms with Gasteiger partial charge < -0.3 is 10.4 Å². The van der Waals surface area contributed by atoms with Crippen molar-refractivity contribution in [2.24, 2.45) is 5.92 Å². The normalized spacial score (nSPS) is 26.5. The highest BCUT2D eigenvalue weighted by Gasteiger charge is 2.35. The molecule has 1 aliphatic rings. The second-order valence-electron chi connectivity index (χ2n) is 3.29. The first kappa shape index (κ1) is 10.9. The summed E-state index contributed by atoms with van der Waals surface area (Å²) in [6, 6.07) is -0.644. The van der Waals surface area contributed by atoms with Gasteiger partial charge in [0.1, 0.15) is 0 Å².